The Morgan fingerprint density at radius 3 is 2.29 bits per heavy atom. The third kappa shape index (κ3) is 3.74. The maximum Gasteiger partial charge on any atom is 0.428 e. The van der Waals surface area contributed by atoms with E-state index < -0.39 is 49.7 Å². The topological polar surface area (TPSA) is 87.6 Å². The number of carbonyl (C=O) groups excluding carboxylic acids is 1. The molecular weight excluding hydrogens is 488 g/mol. The Morgan fingerprint density at radius 2 is 1.71 bits per heavy atom. The number of aryl methyl sites for hydroxylation is 1. The van der Waals surface area contributed by atoms with Crippen LogP contribution in [0.3, 0.4) is 0 Å². The fourth-order valence-electron chi connectivity index (χ4n) is 5.18. The molecule has 4 rings (SSSR count). The van der Waals surface area contributed by atoms with Crippen LogP contribution >= 0.6 is 0 Å². The van der Waals surface area contributed by atoms with E-state index in [2.05, 4.69) is 4.98 Å². The molecule has 0 saturated carbocycles. The number of carbonyl (C=O) groups is 1. The van der Waals surface area contributed by atoms with Gasteiger partial charge in [-0.3, -0.25) is 9.78 Å². The summed E-state index contributed by atoms with van der Waals surface area (Å²) in [5.74, 6) is -0.644. The van der Waals surface area contributed by atoms with Gasteiger partial charge in [0.05, 0.1) is 16.6 Å². The summed E-state index contributed by atoms with van der Waals surface area (Å²) in [5, 5.41) is 10.3. The monoisotopic (exact) mass is 514 g/mol. The van der Waals surface area contributed by atoms with Crippen molar-refractivity contribution in [1.29, 1.82) is 0 Å². The summed E-state index contributed by atoms with van der Waals surface area (Å²) in [4.78, 5) is 18.3. The van der Waals surface area contributed by atoms with E-state index in [9.17, 15) is 35.9 Å². The molecule has 2 aliphatic rings. The molecule has 1 N–H and O–H groups in total. The molecule has 3 unspecified atom stereocenters. The molecule has 1 aliphatic heterocycles. The van der Waals surface area contributed by atoms with Gasteiger partial charge in [0.1, 0.15) is 10.3 Å². The lowest BCUT2D eigenvalue weighted by molar-refractivity contribution is -0.230. The number of pyridine rings is 1. The van der Waals surface area contributed by atoms with E-state index in [1.54, 1.807) is 18.2 Å². The number of alkyl halides is 4. The second kappa shape index (κ2) is 7.99. The van der Waals surface area contributed by atoms with Gasteiger partial charge in [0.15, 0.2) is 9.84 Å². The molecule has 3 atom stereocenters. The first-order valence-electron chi connectivity index (χ1n) is 11.1. The van der Waals surface area contributed by atoms with Crippen LogP contribution in [0, 0.1) is 0 Å². The maximum absolute atomic E-state index is 14.7. The van der Waals surface area contributed by atoms with Gasteiger partial charge in [-0.15, -0.1) is 0 Å². The summed E-state index contributed by atoms with van der Waals surface area (Å²) in [5.41, 5.74) is -6.10. The first kappa shape index (κ1) is 25.6. The van der Waals surface area contributed by atoms with Crippen LogP contribution < -0.4 is 0 Å². The number of hydrogen-bond acceptors (Lipinski definition) is 5. The number of likely N-dealkylation sites (tertiary alicyclic amines) is 1. The fourth-order valence-corrected chi connectivity index (χ4v) is 7.56. The van der Waals surface area contributed by atoms with Crippen LogP contribution in [0.25, 0.3) is 0 Å². The first-order chi connectivity index (χ1) is 16.0. The fraction of sp³-hybridized carbons (Fsp3) is 0.500. The average molecular weight is 515 g/mol. The van der Waals surface area contributed by atoms with Gasteiger partial charge in [-0.05, 0) is 63.8 Å². The number of fused-ring (bicyclic) bond motifs is 3. The molecule has 2 aromatic rings. The molecule has 1 amide bonds. The van der Waals surface area contributed by atoms with Gasteiger partial charge in [0, 0.05) is 12.2 Å². The second-order valence-electron chi connectivity index (χ2n) is 9.76. The van der Waals surface area contributed by atoms with Crippen molar-refractivity contribution < 1.29 is 35.9 Å². The maximum atomic E-state index is 14.7. The zero-order valence-electron chi connectivity index (χ0n) is 19.4. The van der Waals surface area contributed by atoms with Crippen molar-refractivity contribution in [3.63, 3.8) is 0 Å². The molecule has 1 aliphatic carbocycles. The summed E-state index contributed by atoms with van der Waals surface area (Å²) in [6.07, 6.45) is -5.13. The molecule has 1 saturated heterocycles. The molecular formula is C24H26F4N2O4S. The van der Waals surface area contributed by atoms with Gasteiger partial charge in [0.2, 0.25) is 5.67 Å². The van der Waals surface area contributed by atoms with Crippen LogP contribution in [0.2, 0.25) is 0 Å². The third-order valence-electron chi connectivity index (χ3n) is 7.05. The van der Waals surface area contributed by atoms with E-state index in [0.717, 1.165) is 6.07 Å². The minimum Gasteiger partial charge on any atom is -0.381 e. The van der Waals surface area contributed by atoms with Gasteiger partial charge in [-0.25, -0.2) is 12.8 Å². The number of aromatic nitrogens is 1. The number of sulfone groups is 1. The lowest BCUT2D eigenvalue weighted by Crippen LogP contribution is -2.55. The van der Waals surface area contributed by atoms with E-state index in [-0.39, 0.29) is 42.0 Å². The number of rotatable bonds is 4. The van der Waals surface area contributed by atoms with Crippen LogP contribution in [-0.4, -0.2) is 53.7 Å². The number of aliphatic hydroxyl groups is 1. The van der Waals surface area contributed by atoms with E-state index in [4.69, 9.17) is 0 Å². The number of halogens is 4. The van der Waals surface area contributed by atoms with Crippen molar-refractivity contribution >= 4 is 15.7 Å². The lowest BCUT2D eigenvalue weighted by atomic mass is 9.80. The van der Waals surface area contributed by atoms with Crippen LogP contribution in [0.5, 0.6) is 0 Å². The highest BCUT2D eigenvalue weighted by molar-refractivity contribution is 7.92. The van der Waals surface area contributed by atoms with E-state index in [1.807, 2.05) is 0 Å². The summed E-state index contributed by atoms with van der Waals surface area (Å²) in [7, 11) is -4.19. The number of benzene rings is 1. The SMILES string of the molecule is CC(C)(O)C(=O)N1CCC2(S(=O)(=O)c3ccccc3)c3ccc(C(C)(F)C(F)(F)F)nc3CCC12. The van der Waals surface area contributed by atoms with Crippen LogP contribution in [-0.2, 0) is 31.5 Å². The van der Waals surface area contributed by atoms with Crippen molar-refractivity contribution in [1.82, 2.24) is 9.88 Å². The molecule has 190 valence electrons. The standard InChI is InChI=1S/C24H26F4N2O4S/c1-21(2,32)20(31)30-14-13-23(35(33,34)15-7-5-4-6-8-15)16-9-11-18(22(3,25)24(26,27)28)29-17(16)10-12-19(23)30/h4-9,11,19,32H,10,12-14H2,1-3H3. The predicted molar refractivity (Wildman–Crippen MR) is 119 cm³/mol. The Hall–Kier alpha value is -2.53. The summed E-state index contributed by atoms with van der Waals surface area (Å²) < 4.78 is 81.2. The Bertz CT molecular complexity index is 1260. The van der Waals surface area contributed by atoms with Gasteiger partial charge in [-0.1, -0.05) is 24.3 Å². The smallest absolute Gasteiger partial charge is 0.381 e. The first-order valence-corrected chi connectivity index (χ1v) is 12.6. The molecule has 1 aromatic carbocycles. The highest BCUT2D eigenvalue weighted by atomic mass is 32.2. The minimum absolute atomic E-state index is 0.00916. The molecule has 11 heteroatoms. The Labute approximate surface area is 200 Å². The molecule has 0 spiro atoms. The van der Waals surface area contributed by atoms with Gasteiger partial charge >= 0.3 is 6.18 Å². The van der Waals surface area contributed by atoms with Crippen molar-refractivity contribution in [2.24, 2.45) is 0 Å². The molecule has 0 radical (unpaired) electrons. The quantitative estimate of drug-likeness (QED) is 0.627. The van der Waals surface area contributed by atoms with Crippen molar-refractivity contribution in [3.05, 3.63) is 59.4 Å². The third-order valence-corrected chi connectivity index (χ3v) is 9.60. The van der Waals surface area contributed by atoms with E-state index in [0.29, 0.717) is 6.92 Å². The minimum atomic E-state index is -5.21. The van der Waals surface area contributed by atoms with Crippen molar-refractivity contribution in [2.45, 2.75) is 73.2 Å². The normalized spacial score (nSPS) is 24.5. The predicted octanol–water partition coefficient (Wildman–Crippen LogP) is 3.82. The Morgan fingerprint density at radius 1 is 1.09 bits per heavy atom. The molecule has 35 heavy (non-hydrogen) atoms. The average Bonchev–Trinajstić information content (AvgIpc) is 3.18. The van der Waals surface area contributed by atoms with E-state index in [1.165, 1.54) is 36.9 Å². The largest absolute Gasteiger partial charge is 0.428 e. The number of amides is 1. The highest BCUT2D eigenvalue weighted by Gasteiger charge is 2.62. The van der Waals surface area contributed by atoms with Crippen molar-refractivity contribution in [3.8, 4) is 0 Å². The Kier molecular flexibility index (Phi) is 5.84. The van der Waals surface area contributed by atoms with E-state index >= 15 is 0 Å². The molecule has 2 heterocycles. The van der Waals surface area contributed by atoms with Gasteiger partial charge in [0.25, 0.3) is 5.91 Å². The molecule has 6 nitrogen and oxygen atoms in total. The van der Waals surface area contributed by atoms with Gasteiger partial charge in [-0.2, -0.15) is 13.2 Å². The number of hydrogen-bond donors (Lipinski definition) is 1. The zero-order chi connectivity index (χ0) is 26.0. The van der Waals surface area contributed by atoms with Crippen LogP contribution in [0.1, 0.15) is 50.6 Å². The highest BCUT2D eigenvalue weighted by Crippen LogP contribution is 2.53. The van der Waals surface area contributed by atoms with Crippen molar-refractivity contribution in [2.75, 3.05) is 6.54 Å². The Balaban J connectivity index is 1.94. The second-order valence-corrected chi connectivity index (χ2v) is 12.0. The summed E-state index contributed by atoms with van der Waals surface area (Å²) in [6, 6.07) is 8.77. The van der Waals surface area contributed by atoms with Crippen LogP contribution in [0.4, 0.5) is 17.6 Å². The molecule has 1 aromatic heterocycles. The number of nitrogens with zero attached hydrogens (tertiary/aromatic N) is 2. The summed E-state index contributed by atoms with van der Waals surface area (Å²) >= 11 is 0. The zero-order valence-corrected chi connectivity index (χ0v) is 20.3. The van der Waals surface area contributed by atoms with Gasteiger partial charge < -0.3 is 10.0 Å². The van der Waals surface area contributed by atoms with Crippen LogP contribution in [0.15, 0.2) is 47.4 Å². The lowest BCUT2D eigenvalue weighted by Gasteiger charge is -2.43. The molecule has 0 bridgehead atoms. The summed E-state index contributed by atoms with van der Waals surface area (Å²) in [6.45, 7) is 3.02. The molecule has 1 fully saturated rings.